The van der Waals surface area contributed by atoms with Gasteiger partial charge >= 0.3 is 0 Å². The van der Waals surface area contributed by atoms with Crippen LogP contribution in [0.25, 0.3) is 0 Å². The minimum atomic E-state index is -0.324. The average Bonchev–Trinajstić information content (AvgIpc) is 2.29. The van der Waals surface area contributed by atoms with Gasteiger partial charge in [0, 0.05) is 6.54 Å². The first-order chi connectivity index (χ1) is 7.77. The Kier molecular flexibility index (Phi) is 5.82. The minimum Gasteiger partial charge on any atom is -0.494 e. The van der Waals surface area contributed by atoms with Gasteiger partial charge in [-0.2, -0.15) is 0 Å². The van der Waals surface area contributed by atoms with Crippen molar-refractivity contribution in [1.29, 1.82) is 0 Å². The number of likely N-dealkylation sites (N-methyl/N-ethyl adjacent to an activating group) is 1. The predicted octanol–water partition coefficient (Wildman–Crippen LogP) is 1.61. The lowest BCUT2D eigenvalue weighted by Crippen LogP contribution is -2.15. The van der Waals surface area contributed by atoms with Crippen molar-refractivity contribution in [2.45, 2.75) is 6.42 Å². The van der Waals surface area contributed by atoms with Crippen LogP contribution in [-0.2, 0) is 11.2 Å². The fraction of sp³-hybridized carbons (Fsp3) is 0.500. The van der Waals surface area contributed by atoms with Gasteiger partial charge in [-0.15, -0.1) is 0 Å². The summed E-state index contributed by atoms with van der Waals surface area (Å²) in [5.74, 6) is -0.0462. The van der Waals surface area contributed by atoms with Crippen molar-refractivity contribution in [2.24, 2.45) is 0 Å². The number of hydrogen-bond acceptors (Lipinski definition) is 3. The minimum absolute atomic E-state index is 0.278. The summed E-state index contributed by atoms with van der Waals surface area (Å²) in [4.78, 5) is 0. The summed E-state index contributed by atoms with van der Waals surface area (Å²) >= 11 is 0. The molecule has 0 saturated carbocycles. The standard InChI is InChI=1S/C12H18FNO2/c1-14-6-8-16-7-5-10-3-4-12(15-2)11(13)9-10/h3-4,9,14H,5-8H2,1-2H3. The molecule has 1 aromatic rings. The van der Waals surface area contributed by atoms with E-state index in [1.807, 2.05) is 13.1 Å². The Morgan fingerprint density at radius 1 is 1.31 bits per heavy atom. The molecule has 0 unspecified atom stereocenters. The molecule has 0 fully saturated rings. The van der Waals surface area contributed by atoms with E-state index < -0.39 is 0 Å². The first-order valence-electron chi connectivity index (χ1n) is 5.32. The van der Waals surface area contributed by atoms with Crippen molar-refractivity contribution in [3.05, 3.63) is 29.6 Å². The molecule has 0 saturated heterocycles. The van der Waals surface area contributed by atoms with Gasteiger partial charge in [0.2, 0.25) is 0 Å². The third-order valence-electron chi connectivity index (χ3n) is 2.25. The predicted molar refractivity (Wildman–Crippen MR) is 61.4 cm³/mol. The number of rotatable bonds is 7. The average molecular weight is 227 g/mol. The highest BCUT2D eigenvalue weighted by molar-refractivity contribution is 5.29. The Morgan fingerprint density at radius 2 is 2.12 bits per heavy atom. The van der Waals surface area contributed by atoms with Gasteiger partial charge < -0.3 is 14.8 Å². The molecule has 0 amide bonds. The van der Waals surface area contributed by atoms with Gasteiger partial charge in [0.25, 0.3) is 0 Å². The highest BCUT2D eigenvalue weighted by atomic mass is 19.1. The largest absolute Gasteiger partial charge is 0.494 e. The number of ether oxygens (including phenoxy) is 2. The monoisotopic (exact) mass is 227 g/mol. The van der Waals surface area contributed by atoms with E-state index in [2.05, 4.69) is 5.32 Å². The topological polar surface area (TPSA) is 30.5 Å². The van der Waals surface area contributed by atoms with E-state index in [0.717, 1.165) is 12.1 Å². The highest BCUT2D eigenvalue weighted by Crippen LogP contribution is 2.17. The molecule has 90 valence electrons. The van der Waals surface area contributed by atoms with E-state index in [9.17, 15) is 4.39 Å². The van der Waals surface area contributed by atoms with Crippen LogP contribution in [0.15, 0.2) is 18.2 Å². The fourth-order valence-electron chi connectivity index (χ4n) is 1.33. The number of nitrogens with one attached hydrogen (secondary N) is 1. The van der Waals surface area contributed by atoms with Gasteiger partial charge in [0.1, 0.15) is 0 Å². The summed E-state index contributed by atoms with van der Waals surface area (Å²) in [6.07, 6.45) is 0.713. The first kappa shape index (κ1) is 12.9. The van der Waals surface area contributed by atoms with Gasteiger partial charge in [-0.05, 0) is 31.2 Å². The Balaban J connectivity index is 2.34. The van der Waals surface area contributed by atoms with E-state index in [1.54, 1.807) is 6.07 Å². The van der Waals surface area contributed by atoms with E-state index >= 15 is 0 Å². The van der Waals surface area contributed by atoms with Crippen molar-refractivity contribution in [3.63, 3.8) is 0 Å². The molecule has 1 aromatic carbocycles. The van der Waals surface area contributed by atoms with Crippen molar-refractivity contribution in [3.8, 4) is 5.75 Å². The molecule has 0 radical (unpaired) electrons. The second kappa shape index (κ2) is 7.19. The maximum Gasteiger partial charge on any atom is 0.165 e. The van der Waals surface area contributed by atoms with Crippen LogP contribution in [0.4, 0.5) is 4.39 Å². The number of halogens is 1. The SMILES string of the molecule is CNCCOCCc1ccc(OC)c(F)c1. The molecule has 0 bridgehead atoms. The van der Waals surface area contributed by atoms with Crippen molar-refractivity contribution >= 4 is 0 Å². The lowest BCUT2D eigenvalue weighted by Gasteiger charge is -2.06. The molecular weight excluding hydrogens is 209 g/mol. The van der Waals surface area contributed by atoms with Crippen molar-refractivity contribution in [2.75, 3.05) is 33.9 Å². The van der Waals surface area contributed by atoms with E-state index in [1.165, 1.54) is 13.2 Å². The second-order valence-corrected chi connectivity index (χ2v) is 3.43. The van der Waals surface area contributed by atoms with E-state index in [-0.39, 0.29) is 11.6 Å². The van der Waals surface area contributed by atoms with Gasteiger partial charge in [-0.3, -0.25) is 0 Å². The Labute approximate surface area is 95.6 Å². The number of benzene rings is 1. The zero-order valence-electron chi connectivity index (χ0n) is 9.75. The zero-order valence-corrected chi connectivity index (χ0v) is 9.75. The van der Waals surface area contributed by atoms with Gasteiger partial charge in [-0.1, -0.05) is 6.07 Å². The van der Waals surface area contributed by atoms with Gasteiger partial charge in [0.15, 0.2) is 11.6 Å². The molecule has 0 aliphatic rings. The van der Waals surface area contributed by atoms with Crippen LogP contribution in [0.3, 0.4) is 0 Å². The molecule has 0 aliphatic heterocycles. The molecule has 4 heteroatoms. The first-order valence-corrected chi connectivity index (χ1v) is 5.32. The third-order valence-corrected chi connectivity index (χ3v) is 2.25. The van der Waals surface area contributed by atoms with Crippen LogP contribution in [0.1, 0.15) is 5.56 Å². The Hall–Kier alpha value is -1.13. The quantitative estimate of drug-likeness (QED) is 0.718. The highest BCUT2D eigenvalue weighted by Gasteiger charge is 2.02. The summed E-state index contributed by atoms with van der Waals surface area (Å²) < 4.78 is 23.5. The number of hydrogen-bond donors (Lipinski definition) is 1. The Morgan fingerprint density at radius 3 is 2.75 bits per heavy atom. The molecule has 0 heterocycles. The molecule has 3 nitrogen and oxygen atoms in total. The maximum atomic E-state index is 13.3. The molecule has 1 rings (SSSR count). The summed E-state index contributed by atoms with van der Waals surface area (Å²) in [6.45, 7) is 2.11. The van der Waals surface area contributed by atoms with Crippen molar-refractivity contribution in [1.82, 2.24) is 5.32 Å². The maximum absolute atomic E-state index is 13.3. The van der Waals surface area contributed by atoms with Crippen LogP contribution in [-0.4, -0.2) is 33.9 Å². The summed E-state index contributed by atoms with van der Waals surface area (Å²) in [5.41, 5.74) is 0.919. The third kappa shape index (κ3) is 4.16. The summed E-state index contributed by atoms with van der Waals surface area (Å²) in [7, 11) is 3.33. The second-order valence-electron chi connectivity index (χ2n) is 3.43. The molecule has 0 aromatic heterocycles. The molecular formula is C12H18FNO2. The van der Waals surface area contributed by atoms with Gasteiger partial charge in [-0.25, -0.2) is 4.39 Å². The molecule has 0 aliphatic carbocycles. The van der Waals surface area contributed by atoms with E-state index in [4.69, 9.17) is 9.47 Å². The molecule has 16 heavy (non-hydrogen) atoms. The molecule has 1 N–H and O–H groups in total. The van der Waals surface area contributed by atoms with Crippen LogP contribution >= 0.6 is 0 Å². The van der Waals surface area contributed by atoms with Crippen LogP contribution in [0.2, 0.25) is 0 Å². The fourth-order valence-corrected chi connectivity index (χ4v) is 1.33. The van der Waals surface area contributed by atoms with Crippen molar-refractivity contribution < 1.29 is 13.9 Å². The lowest BCUT2D eigenvalue weighted by molar-refractivity contribution is 0.140. The normalized spacial score (nSPS) is 10.4. The van der Waals surface area contributed by atoms with E-state index in [0.29, 0.717) is 19.6 Å². The molecule has 0 spiro atoms. The lowest BCUT2D eigenvalue weighted by atomic mass is 10.1. The number of methoxy groups -OCH3 is 1. The smallest absolute Gasteiger partial charge is 0.165 e. The van der Waals surface area contributed by atoms with Crippen LogP contribution in [0.5, 0.6) is 5.75 Å². The Bertz CT molecular complexity index is 318. The van der Waals surface area contributed by atoms with Gasteiger partial charge in [0.05, 0.1) is 20.3 Å². The van der Waals surface area contributed by atoms with Crippen LogP contribution in [0, 0.1) is 5.82 Å². The molecule has 0 atom stereocenters. The summed E-state index contributed by atoms with van der Waals surface area (Å²) in [5, 5.41) is 2.99. The zero-order chi connectivity index (χ0) is 11.8. The summed E-state index contributed by atoms with van der Waals surface area (Å²) in [6, 6.07) is 4.97. The van der Waals surface area contributed by atoms with Crippen LogP contribution < -0.4 is 10.1 Å².